The summed E-state index contributed by atoms with van der Waals surface area (Å²) in [5.41, 5.74) is 0. The first-order valence-corrected chi connectivity index (χ1v) is 8.11. The molecule has 1 N–H and O–H groups in total. The van der Waals surface area contributed by atoms with Crippen molar-refractivity contribution in [1.82, 2.24) is 9.21 Å². The van der Waals surface area contributed by atoms with Gasteiger partial charge in [-0.3, -0.25) is 4.79 Å². The highest BCUT2D eigenvalue weighted by Crippen LogP contribution is 2.24. The lowest BCUT2D eigenvalue weighted by Gasteiger charge is -2.41. The summed E-state index contributed by atoms with van der Waals surface area (Å²) < 4.78 is 24.3. The number of carbonyl (C=O) groups excluding carboxylic acids is 1. The van der Waals surface area contributed by atoms with Crippen molar-refractivity contribution in [3.05, 3.63) is 0 Å². The summed E-state index contributed by atoms with van der Waals surface area (Å²) in [4.78, 5) is 13.9. The highest BCUT2D eigenvalue weighted by Gasteiger charge is 2.37. The average Bonchev–Trinajstić information content (AvgIpc) is 2.26. The lowest BCUT2D eigenvalue weighted by Crippen LogP contribution is -2.55. The minimum atomic E-state index is -3.20. The van der Waals surface area contributed by atoms with E-state index in [2.05, 4.69) is 0 Å². The van der Waals surface area contributed by atoms with Crippen molar-refractivity contribution >= 4 is 15.9 Å². The summed E-state index contributed by atoms with van der Waals surface area (Å²) >= 11 is 0. The highest BCUT2D eigenvalue weighted by molar-refractivity contribution is 7.88. The second-order valence-corrected chi connectivity index (χ2v) is 7.23. The Morgan fingerprint density at radius 1 is 1.33 bits per heavy atom. The van der Waals surface area contributed by atoms with Crippen LogP contribution < -0.4 is 0 Å². The zero-order chi connectivity index (χ0) is 13.3. The van der Waals surface area contributed by atoms with E-state index in [0.29, 0.717) is 26.2 Å². The van der Waals surface area contributed by atoms with Gasteiger partial charge in [-0.25, -0.2) is 12.7 Å². The summed E-state index contributed by atoms with van der Waals surface area (Å²) in [5, 5.41) is 8.92. The van der Waals surface area contributed by atoms with Crippen molar-refractivity contribution in [2.24, 2.45) is 11.8 Å². The molecular weight excluding hydrogens is 256 g/mol. The van der Waals surface area contributed by atoms with Gasteiger partial charge in [-0.2, -0.15) is 0 Å². The van der Waals surface area contributed by atoms with E-state index >= 15 is 0 Å². The molecule has 1 atom stereocenters. The van der Waals surface area contributed by atoms with Crippen molar-refractivity contribution in [2.75, 3.05) is 39.0 Å². The number of hydrogen-bond acceptors (Lipinski definition) is 4. The zero-order valence-electron chi connectivity index (χ0n) is 10.6. The molecule has 104 valence electrons. The molecule has 1 amide bonds. The van der Waals surface area contributed by atoms with E-state index in [1.165, 1.54) is 10.6 Å². The number of carbonyl (C=O) groups is 1. The number of hydrogen-bond donors (Lipinski definition) is 1. The van der Waals surface area contributed by atoms with Crippen LogP contribution in [0.5, 0.6) is 0 Å². The van der Waals surface area contributed by atoms with Gasteiger partial charge in [0.1, 0.15) is 0 Å². The fraction of sp³-hybridized carbons (Fsp3) is 0.909. The molecule has 0 radical (unpaired) electrons. The van der Waals surface area contributed by atoms with Gasteiger partial charge >= 0.3 is 0 Å². The molecule has 0 saturated carbocycles. The van der Waals surface area contributed by atoms with Gasteiger partial charge in [0, 0.05) is 38.7 Å². The minimum Gasteiger partial charge on any atom is -0.396 e. The zero-order valence-corrected chi connectivity index (χ0v) is 11.4. The summed E-state index contributed by atoms with van der Waals surface area (Å²) in [6.07, 6.45) is 2.68. The summed E-state index contributed by atoms with van der Waals surface area (Å²) in [6.45, 7) is 2.14. The molecule has 2 rings (SSSR count). The normalized spacial score (nSPS) is 27.0. The third-order valence-electron chi connectivity index (χ3n) is 3.73. The van der Waals surface area contributed by atoms with Gasteiger partial charge in [0.2, 0.25) is 15.9 Å². The van der Waals surface area contributed by atoms with Gasteiger partial charge in [-0.05, 0) is 12.8 Å². The predicted octanol–water partition coefficient (Wildman–Crippen LogP) is -0.891. The van der Waals surface area contributed by atoms with Gasteiger partial charge in [-0.15, -0.1) is 0 Å². The van der Waals surface area contributed by atoms with Gasteiger partial charge in [-0.1, -0.05) is 0 Å². The molecule has 0 aliphatic carbocycles. The fourth-order valence-electron chi connectivity index (χ4n) is 2.57. The molecular formula is C11H20N2O4S. The van der Waals surface area contributed by atoms with Crippen molar-refractivity contribution in [3.63, 3.8) is 0 Å². The van der Waals surface area contributed by atoms with Gasteiger partial charge < -0.3 is 10.0 Å². The molecule has 6 nitrogen and oxygen atoms in total. The van der Waals surface area contributed by atoms with Crippen LogP contribution in [0.4, 0.5) is 0 Å². The lowest BCUT2D eigenvalue weighted by molar-refractivity contribution is -0.144. The topological polar surface area (TPSA) is 77.9 Å². The van der Waals surface area contributed by atoms with Crippen LogP contribution in [0, 0.1) is 11.8 Å². The molecule has 18 heavy (non-hydrogen) atoms. The van der Waals surface area contributed by atoms with Crippen LogP contribution in [0.15, 0.2) is 0 Å². The van der Waals surface area contributed by atoms with Crippen molar-refractivity contribution in [3.8, 4) is 0 Å². The third-order valence-corrected chi connectivity index (χ3v) is 5.00. The number of amides is 1. The Bertz CT molecular complexity index is 417. The summed E-state index contributed by atoms with van der Waals surface area (Å²) in [5.74, 6) is 0.0183. The first kappa shape index (κ1) is 13.8. The second kappa shape index (κ2) is 5.14. The van der Waals surface area contributed by atoms with E-state index in [9.17, 15) is 13.2 Å². The quantitative estimate of drug-likeness (QED) is 0.725. The molecule has 0 spiro atoms. The Labute approximate surface area is 108 Å². The Kier molecular flexibility index (Phi) is 3.93. The third kappa shape index (κ3) is 2.84. The molecule has 0 aromatic heterocycles. The molecule has 2 saturated heterocycles. The number of nitrogens with zero attached hydrogens (tertiary/aromatic N) is 2. The first-order valence-electron chi connectivity index (χ1n) is 6.26. The van der Waals surface area contributed by atoms with Crippen LogP contribution >= 0.6 is 0 Å². The van der Waals surface area contributed by atoms with E-state index in [4.69, 9.17) is 5.11 Å². The molecule has 7 heteroatoms. The molecule has 0 aromatic rings. The van der Waals surface area contributed by atoms with E-state index in [1.54, 1.807) is 4.90 Å². The molecule has 2 aliphatic heterocycles. The van der Waals surface area contributed by atoms with Crippen molar-refractivity contribution in [1.29, 1.82) is 0 Å². The van der Waals surface area contributed by atoms with Crippen LogP contribution in [-0.2, 0) is 14.8 Å². The fourth-order valence-corrected chi connectivity index (χ4v) is 3.48. The number of aliphatic hydroxyl groups excluding tert-OH is 1. The molecule has 2 heterocycles. The van der Waals surface area contributed by atoms with Gasteiger partial charge in [0.25, 0.3) is 0 Å². The SMILES string of the molecule is CS(=O)(=O)N1CCCC(C(=O)N2CC(CO)C2)C1. The predicted molar refractivity (Wildman–Crippen MR) is 66.3 cm³/mol. The van der Waals surface area contributed by atoms with E-state index in [-0.39, 0.29) is 24.3 Å². The van der Waals surface area contributed by atoms with Crippen molar-refractivity contribution in [2.45, 2.75) is 12.8 Å². The smallest absolute Gasteiger partial charge is 0.227 e. The molecule has 0 aromatic carbocycles. The number of piperidine rings is 1. The summed E-state index contributed by atoms with van der Waals surface area (Å²) in [6, 6.07) is 0. The van der Waals surface area contributed by atoms with Crippen LogP contribution in [0.1, 0.15) is 12.8 Å². The minimum absolute atomic E-state index is 0.0352. The van der Waals surface area contributed by atoms with Crippen LogP contribution in [0.25, 0.3) is 0 Å². The van der Waals surface area contributed by atoms with E-state index in [1.807, 2.05) is 0 Å². The Morgan fingerprint density at radius 3 is 2.56 bits per heavy atom. The summed E-state index contributed by atoms with van der Waals surface area (Å²) in [7, 11) is -3.20. The maximum atomic E-state index is 12.1. The monoisotopic (exact) mass is 276 g/mol. The Hall–Kier alpha value is -0.660. The first-order chi connectivity index (χ1) is 8.41. The molecule has 0 bridgehead atoms. The largest absolute Gasteiger partial charge is 0.396 e. The number of aliphatic hydroxyl groups is 1. The second-order valence-electron chi connectivity index (χ2n) is 5.25. The molecule has 2 aliphatic rings. The number of likely N-dealkylation sites (tertiary alicyclic amines) is 1. The van der Waals surface area contributed by atoms with E-state index < -0.39 is 10.0 Å². The van der Waals surface area contributed by atoms with Gasteiger partial charge in [0.15, 0.2) is 0 Å². The van der Waals surface area contributed by atoms with Crippen LogP contribution in [-0.4, -0.2) is 67.7 Å². The van der Waals surface area contributed by atoms with Crippen LogP contribution in [0.2, 0.25) is 0 Å². The molecule has 2 fully saturated rings. The maximum Gasteiger partial charge on any atom is 0.227 e. The van der Waals surface area contributed by atoms with Crippen LogP contribution in [0.3, 0.4) is 0 Å². The highest BCUT2D eigenvalue weighted by atomic mass is 32.2. The van der Waals surface area contributed by atoms with E-state index in [0.717, 1.165) is 12.8 Å². The average molecular weight is 276 g/mol. The number of sulfonamides is 1. The maximum absolute atomic E-state index is 12.1. The molecule has 1 unspecified atom stereocenters. The Morgan fingerprint density at radius 2 is 2.00 bits per heavy atom. The Balaban J connectivity index is 1.91. The lowest BCUT2D eigenvalue weighted by atomic mass is 9.93. The number of rotatable bonds is 3. The van der Waals surface area contributed by atoms with Gasteiger partial charge in [0.05, 0.1) is 12.2 Å². The standard InChI is InChI=1S/C11H20N2O4S/c1-18(16,17)13-4-2-3-10(7-13)11(15)12-5-9(6-12)8-14/h9-10,14H,2-8H2,1H3. The van der Waals surface area contributed by atoms with Crippen molar-refractivity contribution < 1.29 is 18.3 Å².